The fourth-order valence-electron chi connectivity index (χ4n) is 1.56. The highest BCUT2D eigenvalue weighted by atomic mass is 32.2. The summed E-state index contributed by atoms with van der Waals surface area (Å²) in [7, 11) is 0. The van der Waals surface area contributed by atoms with Gasteiger partial charge in [0, 0.05) is 11.0 Å². The Bertz CT molecular complexity index is 664. The van der Waals surface area contributed by atoms with Crippen LogP contribution in [-0.4, -0.2) is 10.0 Å². The van der Waals surface area contributed by atoms with Crippen LogP contribution in [0, 0.1) is 21.7 Å². The van der Waals surface area contributed by atoms with Gasteiger partial charge in [0.05, 0.1) is 16.4 Å². The number of hydrogen-bond donors (Lipinski definition) is 1. The monoisotopic (exact) mass is 297 g/mol. The van der Waals surface area contributed by atoms with Crippen LogP contribution in [-0.2, 0) is 6.61 Å². The summed E-state index contributed by atoms with van der Waals surface area (Å²) in [4.78, 5) is 11.0. The van der Waals surface area contributed by atoms with Crippen molar-refractivity contribution in [3.63, 3.8) is 0 Å². The van der Waals surface area contributed by atoms with Crippen LogP contribution in [0.15, 0.2) is 46.2 Å². The zero-order valence-corrected chi connectivity index (χ0v) is 10.9. The van der Waals surface area contributed by atoms with Crippen LogP contribution in [0.3, 0.4) is 0 Å². The molecule has 0 saturated heterocycles. The molecule has 2 aromatic rings. The second-order valence-corrected chi connectivity index (χ2v) is 5.01. The average Bonchev–Trinajstić information content (AvgIpc) is 2.43. The molecule has 20 heavy (non-hydrogen) atoms. The molecule has 0 fully saturated rings. The third-order valence-electron chi connectivity index (χ3n) is 2.52. The Balaban J connectivity index is 2.37. The van der Waals surface area contributed by atoms with E-state index in [1.54, 1.807) is 0 Å². The highest BCUT2D eigenvalue weighted by Gasteiger charge is 2.16. The standard InChI is InChI=1S/C13H9F2NO3S/c14-10-3-2-9(6-11(10)15)20-13-4-1-8(7-17)5-12(13)16(18)19/h1-6,17H,7H2. The van der Waals surface area contributed by atoms with Crippen LogP contribution >= 0.6 is 11.8 Å². The molecule has 0 saturated carbocycles. The first-order valence-corrected chi connectivity index (χ1v) is 6.34. The molecule has 0 aliphatic rings. The summed E-state index contributed by atoms with van der Waals surface area (Å²) in [6, 6.07) is 7.54. The quantitative estimate of drug-likeness (QED) is 0.693. The first kappa shape index (κ1) is 14.4. The summed E-state index contributed by atoms with van der Waals surface area (Å²) in [5, 5.41) is 19.9. The van der Waals surface area contributed by atoms with E-state index >= 15 is 0 Å². The summed E-state index contributed by atoms with van der Waals surface area (Å²) < 4.78 is 25.9. The van der Waals surface area contributed by atoms with Gasteiger partial charge in [0.15, 0.2) is 11.6 Å². The largest absolute Gasteiger partial charge is 0.392 e. The highest BCUT2D eigenvalue weighted by Crippen LogP contribution is 2.35. The van der Waals surface area contributed by atoms with E-state index in [9.17, 15) is 18.9 Å². The van der Waals surface area contributed by atoms with Gasteiger partial charge >= 0.3 is 0 Å². The molecule has 2 rings (SSSR count). The van der Waals surface area contributed by atoms with Crippen molar-refractivity contribution >= 4 is 17.4 Å². The number of aliphatic hydroxyl groups excluding tert-OH is 1. The van der Waals surface area contributed by atoms with Crippen molar-refractivity contribution in [2.45, 2.75) is 16.4 Å². The normalized spacial score (nSPS) is 10.6. The Morgan fingerprint density at radius 3 is 2.50 bits per heavy atom. The van der Waals surface area contributed by atoms with Gasteiger partial charge in [-0.25, -0.2) is 8.78 Å². The Kier molecular flexibility index (Phi) is 4.31. The van der Waals surface area contributed by atoms with E-state index in [1.807, 2.05) is 0 Å². The maximum Gasteiger partial charge on any atom is 0.283 e. The number of aliphatic hydroxyl groups is 1. The topological polar surface area (TPSA) is 63.4 Å². The molecular weight excluding hydrogens is 288 g/mol. The van der Waals surface area contributed by atoms with E-state index in [2.05, 4.69) is 0 Å². The van der Waals surface area contributed by atoms with Crippen molar-refractivity contribution in [1.29, 1.82) is 0 Å². The zero-order chi connectivity index (χ0) is 14.7. The Morgan fingerprint density at radius 1 is 1.15 bits per heavy atom. The van der Waals surface area contributed by atoms with Crippen molar-refractivity contribution < 1.29 is 18.8 Å². The molecule has 0 aliphatic carbocycles. The number of rotatable bonds is 4. The summed E-state index contributed by atoms with van der Waals surface area (Å²) in [5.74, 6) is -1.98. The molecular formula is C13H9F2NO3S. The molecule has 1 N–H and O–H groups in total. The smallest absolute Gasteiger partial charge is 0.283 e. The van der Waals surface area contributed by atoms with Gasteiger partial charge in [-0.2, -0.15) is 0 Å². The van der Waals surface area contributed by atoms with Crippen molar-refractivity contribution in [2.75, 3.05) is 0 Å². The number of nitrogens with zero attached hydrogens (tertiary/aromatic N) is 1. The SMILES string of the molecule is O=[N+]([O-])c1cc(CO)ccc1Sc1ccc(F)c(F)c1. The predicted molar refractivity (Wildman–Crippen MR) is 69.5 cm³/mol. The van der Waals surface area contributed by atoms with Gasteiger partial charge in [0.25, 0.3) is 5.69 Å². The third-order valence-corrected chi connectivity index (χ3v) is 3.58. The van der Waals surface area contributed by atoms with Gasteiger partial charge in [-0.1, -0.05) is 17.8 Å². The summed E-state index contributed by atoms with van der Waals surface area (Å²) >= 11 is 0.955. The van der Waals surface area contributed by atoms with Gasteiger partial charge in [0.1, 0.15) is 0 Å². The minimum atomic E-state index is -1.01. The molecule has 104 valence electrons. The second-order valence-electron chi connectivity index (χ2n) is 3.90. The first-order valence-electron chi connectivity index (χ1n) is 5.52. The number of nitro groups is 1. The molecule has 2 aromatic carbocycles. The van der Waals surface area contributed by atoms with Crippen LogP contribution in [0.1, 0.15) is 5.56 Å². The van der Waals surface area contributed by atoms with Gasteiger partial charge < -0.3 is 5.11 Å². The van der Waals surface area contributed by atoms with Crippen LogP contribution in [0.5, 0.6) is 0 Å². The zero-order valence-electron chi connectivity index (χ0n) is 10.0. The first-order chi connectivity index (χ1) is 9.51. The van der Waals surface area contributed by atoms with Gasteiger partial charge in [-0.05, 0) is 29.8 Å². The van der Waals surface area contributed by atoms with Crippen molar-refractivity contribution in [1.82, 2.24) is 0 Å². The van der Waals surface area contributed by atoms with Crippen LogP contribution < -0.4 is 0 Å². The van der Waals surface area contributed by atoms with Gasteiger partial charge in [-0.15, -0.1) is 0 Å². The minimum absolute atomic E-state index is 0.189. The molecule has 0 spiro atoms. The van der Waals surface area contributed by atoms with E-state index in [4.69, 9.17) is 5.11 Å². The lowest BCUT2D eigenvalue weighted by atomic mass is 10.2. The summed E-state index contributed by atoms with van der Waals surface area (Å²) in [6.07, 6.45) is 0. The predicted octanol–water partition coefficient (Wildman–Crippen LogP) is 3.52. The van der Waals surface area contributed by atoms with E-state index < -0.39 is 16.6 Å². The van der Waals surface area contributed by atoms with E-state index in [0.717, 1.165) is 23.9 Å². The van der Waals surface area contributed by atoms with E-state index in [1.165, 1.54) is 24.3 Å². The molecule has 0 amide bonds. The molecule has 0 heterocycles. The van der Waals surface area contributed by atoms with E-state index in [0.29, 0.717) is 15.4 Å². The lowest BCUT2D eigenvalue weighted by Gasteiger charge is -2.05. The fraction of sp³-hybridized carbons (Fsp3) is 0.0769. The highest BCUT2D eigenvalue weighted by molar-refractivity contribution is 7.99. The average molecular weight is 297 g/mol. The Morgan fingerprint density at radius 2 is 1.90 bits per heavy atom. The van der Waals surface area contributed by atoms with E-state index in [-0.39, 0.29) is 12.3 Å². The van der Waals surface area contributed by atoms with Gasteiger partial charge in [0.2, 0.25) is 0 Å². The Hall–Kier alpha value is -1.99. The molecule has 4 nitrogen and oxygen atoms in total. The van der Waals surface area contributed by atoms with Crippen molar-refractivity contribution in [3.8, 4) is 0 Å². The van der Waals surface area contributed by atoms with Crippen molar-refractivity contribution in [2.24, 2.45) is 0 Å². The lowest BCUT2D eigenvalue weighted by Crippen LogP contribution is -1.94. The summed E-state index contributed by atoms with van der Waals surface area (Å²) in [6.45, 7) is -0.309. The molecule has 0 unspecified atom stereocenters. The Labute approximate surface area is 117 Å². The number of nitro benzene ring substituents is 1. The number of benzene rings is 2. The minimum Gasteiger partial charge on any atom is -0.392 e. The van der Waals surface area contributed by atoms with Crippen LogP contribution in [0.2, 0.25) is 0 Å². The van der Waals surface area contributed by atoms with Crippen LogP contribution in [0.4, 0.5) is 14.5 Å². The molecule has 0 aromatic heterocycles. The molecule has 0 aliphatic heterocycles. The molecule has 0 atom stereocenters. The number of halogens is 2. The maximum absolute atomic E-state index is 13.1. The van der Waals surface area contributed by atoms with Gasteiger partial charge in [-0.3, -0.25) is 10.1 Å². The molecule has 0 radical (unpaired) electrons. The molecule has 0 bridgehead atoms. The maximum atomic E-state index is 13.1. The summed E-state index contributed by atoms with van der Waals surface area (Å²) in [5.41, 5.74) is 0.220. The lowest BCUT2D eigenvalue weighted by molar-refractivity contribution is -0.387. The number of hydrogen-bond acceptors (Lipinski definition) is 4. The third kappa shape index (κ3) is 3.12. The molecule has 7 heteroatoms. The fourth-order valence-corrected chi connectivity index (χ4v) is 2.48. The second kappa shape index (κ2) is 5.98. The van der Waals surface area contributed by atoms with Crippen LogP contribution in [0.25, 0.3) is 0 Å². The van der Waals surface area contributed by atoms with Crippen molar-refractivity contribution in [3.05, 3.63) is 63.7 Å².